The summed E-state index contributed by atoms with van der Waals surface area (Å²) in [5.41, 5.74) is 0.338. The van der Waals surface area contributed by atoms with E-state index in [4.69, 9.17) is 5.11 Å². The molecule has 0 amide bonds. The van der Waals surface area contributed by atoms with Crippen molar-refractivity contribution >= 4 is 10.0 Å². The van der Waals surface area contributed by atoms with Gasteiger partial charge in [-0.25, -0.2) is 17.5 Å². The van der Waals surface area contributed by atoms with Crippen molar-refractivity contribution in [1.82, 2.24) is 4.72 Å². The van der Waals surface area contributed by atoms with Gasteiger partial charge in [-0.15, -0.1) is 0 Å². The second-order valence-corrected chi connectivity index (χ2v) is 5.90. The molecule has 6 heteroatoms. The molecule has 0 spiro atoms. The lowest BCUT2D eigenvalue weighted by molar-refractivity contribution is 0.281. The van der Waals surface area contributed by atoms with Gasteiger partial charge < -0.3 is 5.11 Å². The summed E-state index contributed by atoms with van der Waals surface area (Å²) < 4.78 is 39.3. The first kappa shape index (κ1) is 14.1. The van der Waals surface area contributed by atoms with Gasteiger partial charge in [0.2, 0.25) is 10.0 Å². The smallest absolute Gasteiger partial charge is 0.243 e. The highest BCUT2D eigenvalue weighted by Crippen LogP contribution is 2.16. The fourth-order valence-electron chi connectivity index (χ4n) is 1.21. The Hall–Kier alpha value is -0.980. The molecule has 1 aromatic carbocycles. The maximum absolute atomic E-state index is 13.5. The Morgan fingerprint density at radius 2 is 2.06 bits per heavy atom. The molecule has 0 radical (unpaired) electrons. The number of hydrogen-bond acceptors (Lipinski definition) is 3. The van der Waals surface area contributed by atoms with Gasteiger partial charge in [0.15, 0.2) is 0 Å². The van der Waals surface area contributed by atoms with E-state index in [1.165, 1.54) is 6.07 Å². The van der Waals surface area contributed by atoms with E-state index in [1.54, 1.807) is 0 Å². The van der Waals surface area contributed by atoms with E-state index in [2.05, 4.69) is 4.72 Å². The number of halogens is 1. The predicted octanol–water partition coefficient (Wildman–Crippen LogP) is 1.25. The summed E-state index contributed by atoms with van der Waals surface area (Å²) in [6.45, 7) is 3.64. The highest BCUT2D eigenvalue weighted by atomic mass is 32.2. The quantitative estimate of drug-likeness (QED) is 0.838. The minimum Gasteiger partial charge on any atom is -0.392 e. The van der Waals surface area contributed by atoms with E-state index >= 15 is 0 Å². The SMILES string of the molecule is CC(C)CNS(=O)(=O)c1ccc(CO)cc1F. The molecule has 0 unspecified atom stereocenters. The van der Waals surface area contributed by atoms with Crippen LogP contribution >= 0.6 is 0 Å². The minimum atomic E-state index is -3.82. The average molecular weight is 261 g/mol. The van der Waals surface area contributed by atoms with Gasteiger partial charge in [-0.1, -0.05) is 19.9 Å². The predicted molar refractivity (Wildman–Crippen MR) is 62.3 cm³/mol. The Balaban J connectivity index is 2.99. The summed E-state index contributed by atoms with van der Waals surface area (Å²) >= 11 is 0. The molecule has 0 bridgehead atoms. The van der Waals surface area contributed by atoms with E-state index in [1.807, 2.05) is 13.8 Å². The molecule has 0 saturated carbocycles. The molecule has 4 nitrogen and oxygen atoms in total. The lowest BCUT2D eigenvalue weighted by atomic mass is 10.2. The standard InChI is InChI=1S/C11H16FNO3S/c1-8(2)6-13-17(15,16)11-4-3-9(7-14)5-10(11)12/h3-5,8,13-14H,6-7H2,1-2H3. The van der Waals surface area contributed by atoms with Gasteiger partial charge in [-0.3, -0.25) is 0 Å². The summed E-state index contributed by atoms with van der Waals surface area (Å²) in [5, 5.41) is 8.80. The van der Waals surface area contributed by atoms with Crippen LogP contribution < -0.4 is 4.72 Å². The summed E-state index contributed by atoms with van der Waals surface area (Å²) in [4.78, 5) is -0.393. The van der Waals surface area contributed by atoms with Crippen LogP contribution in [0.15, 0.2) is 23.1 Å². The second-order valence-electron chi connectivity index (χ2n) is 4.17. The molecule has 0 aliphatic heterocycles. The van der Waals surface area contributed by atoms with E-state index in [0.29, 0.717) is 5.56 Å². The summed E-state index contributed by atoms with van der Waals surface area (Å²) in [6.07, 6.45) is 0. The minimum absolute atomic E-state index is 0.143. The number of nitrogens with one attached hydrogen (secondary N) is 1. The molecule has 0 saturated heterocycles. The molecule has 2 N–H and O–H groups in total. The lowest BCUT2D eigenvalue weighted by Gasteiger charge is -2.10. The van der Waals surface area contributed by atoms with Crippen molar-refractivity contribution < 1.29 is 17.9 Å². The van der Waals surface area contributed by atoms with E-state index in [9.17, 15) is 12.8 Å². The molecule has 0 aromatic heterocycles. The molecule has 1 aromatic rings. The molecule has 0 heterocycles. The molecular formula is C11H16FNO3S. The number of benzene rings is 1. The van der Waals surface area contributed by atoms with Gasteiger partial charge in [-0.2, -0.15) is 0 Å². The highest BCUT2D eigenvalue weighted by Gasteiger charge is 2.19. The van der Waals surface area contributed by atoms with Crippen LogP contribution in [0.3, 0.4) is 0 Å². The fourth-order valence-corrected chi connectivity index (χ4v) is 2.49. The van der Waals surface area contributed by atoms with E-state index in [0.717, 1.165) is 12.1 Å². The molecular weight excluding hydrogens is 245 g/mol. The van der Waals surface area contributed by atoms with Gasteiger partial charge in [-0.05, 0) is 23.6 Å². The van der Waals surface area contributed by atoms with Crippen LogP contribution in [0.1, 0.15) is 19.4 Å². The van der Waals surface area contributed by atoms with Crippen molar-refractivity contribution in [1.29, 1.82) is 0 Å². The third kappa shape index (κ3) is 3.76. The normalized spacial score (nSPS) is 12.1. The first-order valence-corrected chi connectivity index (χ1v) is 6.74. The molecule has 0 atom stereocenters. The van der Waals surface area contributed by atoms with Crippen molar-refractivity contribution in [3.05, 3.63) is 29.6 Å². The van der Waals surface area contributed by atoms with E-state index in [-0.39, 0.29) is 19.1 Å². The van der Waals surface area contributed by atoms with Crippen LogP contribution in [-0.4, -0.2) is 20.1 Å². The van der Waals surface area contributed by atoms with Crippen molar-refractivity contribution in [2.75, 3.05) is 6.54 Å². The van der Waals surface area contributed by atoms with Crippen LogP contribution in [0, 0.1) is 11.7 Å². The number of rotatable bonds is 5. The van der Waals surface area contributed by atoms with Crippen LogP contribution in [0.25, 0.3) is 0 Å². The number of aliphatic hydroxyl groups is 1. The summed E-state index contributed by atoms with van der Waals surface area (Å²) in [5.74, 6) is -0.711. The molecule has 0 aliphatic rings. The zero-order valence-electron chi connectivity index (χ0n) is 9.77. The topological polar surface area (TPSA) is 66.4 Å². The van der Waals surface area contributed by atoms with Crippen LogP contribution in [0.4, 0.5) is 4.39 Å². The Labute approximate surface area is 101 Å². The zero-order valence-corrected chi connectivity index (χ0v) is 10.6. The maximum Gasteiger partial charge on any atom is 0.243 e. The second kappa shape index (κ2) is 5.57. The van der Waals surface area contributed by atoms with E-state index < -0.39 is 20.7 Å². The van der Waals surface area contributed by atoms with Crippen LogP contribution in [-0.2, 0) is 16.6 Å². The van der Waals surface area contributed by atoms with Crippen molar-refractivity contribution in [2.45, 2.75) is 25.3 Å². The molecule has 96 valence electrons. The fraction of sp³-hybridized carbons (Fsp3) is 0.455. The van der Waals surface area contributed by atoms with Crippen LogP contribution in [0.2, 0.25) is 0 Å². The molecule has 0 fully saturated rings. The first-order chi connectivity index (χ1) is 7.86. The molecule has 1 rings (SSSR count). The Bertz CT molecular complexity index is 485. The maximum atomic E-state index is 13.5. The Kier molecular flexibility index (Phi) is 4.62. The summed E-state index contributed by atoms with van der Waals surface area (Å²) in [7, 11) is -3.82. The van der Waals surface area contributed by atoms with Crippen LogP contribution in [0.5, 0.6) is 0 Å². The van der Waals surface area contributed by atoms with Gasteiger partial charge in [0, 0.05) is 6.54 Å². The first-order valence-electron chi connectivity index (χ1n) is 5.25. The zero-order chi connectivity index (χ0) is 13.1. The molecule has 0 aliphatic carbocycles. The Morgan fingerprint density at radius 1 is 1.41 bits per heavy atom. The van der Waals surface area contributed by atoms with Crippen molar-refractivity contribution in [2.24, 2.45) is 5.92 Å². The average Bonchev–Trinajstić information content (AvgIpc) is 2.26. The van der Waals surface area contributed by atoms with Crippen molar-refractivity contribution in [3.63, 3.8) is 0 Å². The third-order valence-corrected chi connectivity index (χ3v) is 3.61. The number of sulfonamides is 1. The number of hydrogen-bond donors (Lipinski definition) is 2. The largest absolute Gasteiger partial charge is 0.392 e. The number of aliphatic hydroxyl groups excluding tert-OH is 1. The van der Waals surface area contributed by atoms with Gasteiger partial charge in [0.25, 0.3) is 0 Å². The van der Waals surface area contributed by atoms with Crippen molar-refractivity contribution in [3.8, 4) is 0 Å². The van der Waals surface area contributed by atoms with Gasteiger partial charge in [0.1, 0.15) is 10.7 Å². The molecule has 17 heavy (non-hydrogen) atoms. The summed E-state index contributed by atoms with van der Waals surface area (Å²) in [6, 6.07) is 3.56. The Morgan fingerprint density at radius 3 is 2.53 bits per heavy atom. The van der Waals surface area contributed by atoms with Gasteiger partial charge >= 0.3 is 0 Å². The van der Waals surface area contributed by atoms with Gasteiger partial charge in [0.05, 0.1) is 6.61 Å². The third-order valence-electron chi connectivity index (χ3n) is 2.15. The highest BCUT2D eigenvalue weighted by molar-refractivity contribution is 7.89. The lowest BCUT2D eigenvalue weighted by Crippen LogP contribution is -2.28. The monoisotopic (exact) mass is 261 g/mol.